The van der Waals surface area contributed by atoms with Crippen LogP contribution >= 0.6 is 22.9 Å². The molecule has 0 aromatic carbocycles. The molecule has 0 bridgehead atoms. The number of hydrogen-bond acceptors (Lipinski definition) is 6. The Kier molecular flexibility index (Phi) is 4.12. The van der Waals surface area contributed by atoms with Gasteiger partial charge in [-0.05, 0) is 12.8 Å². The number of thiazole rings is 1. The Morgan fingerprint density at radius 1 is 1.48 bits per heavy atom. The van der Waals surface area contributed by atoms with Gasteiger partial charge in [0.2, 0.25) is 0 Å². The summed E-state index contributed by atoms with van der Waals surface area (Å²) in [6.45, 7) is 1.76. The van der Waals surface area contributed by atoms with Crippen LogP contribution in [0.3, 0.4) is 0 Å². The highest BCUT2D eigenvalue weighted by Gasteiger charge is 2.25. The molecule has 0 aliphatic carbocycles. The predicted molar refractivity (Wildman–Crippen MR) is 81.2 cm³/mol. The van der Waals surface area contributed by atoms with Gasteiger partial charge in [0.05, 0.1) is 13.4 Å². The molecular weight excluding hydrogens is 312 g/mol. The summed E-state index contributed by atoms with van der Waals surface area (Å²) in [6.07, 6.45) is 7.68. The van der Waals surface area contributed by atoms with Crippen LogP contribution in [0.4, 0.5) is 5.13 Å². The number of nitrogens with zero attached hydrogens (tertiary/aromatic N) is 4. The molecule has 1 aliphatic rings. The van der Waals surface area contributed by atoms with Gasteiger partial charge in [-0.15, -0.1) is 0 Å². The lowest BCUT2D eigenvalue weighted by atomic mass is 10.1. The summed E-state index contributed by atoms with van der Waals surface area (Å²) in [5.41, 5.74) is 0. The van der Waals surface area contributed by atoms with Crippen molar-refractivity contribution >= 4 is 34.0 Å². The van der Waals surface area contributed by atoms with Gasteiger partial charge in [-0.25, -0.2) is 14.8 Å². The SMILES string of the molecule is COC(=O)c1sc(N2CCC(n3ccnc3)CC2)nc1Cl. The summed E-state index contributed by atoms with van der Waals surface area (Å²) in [6, 6.07) is 0.472. The number of halogens is 1. The highest BCUT2D eigenvalue weighted by Crippen LogP contribution is 2.33. The van der Waals surface area contributed by atoms with Crippen LogP contribution in [0.15, 0.2) is 18.7 Å². The first-order chi connectivity index (χ1) is 10.2. The van der Waals surface area contributed by atoms with Gasteiger partial charge in [-0.2, -0.15) is 0 Å². The molecule has 3 rings (SSSR count). The van der Waals surface area contributed by atoms with Crippen molar-refractivity contribution in [3.05, 3.63) is 28.8 Å². The maximum absolute atomic E-state index is 11.6. The zero-order valence-electron chi connectivity index (χ0n) is 11.5. The number of imidazole rings is 1. The molecule has 2 aromatic heterocycles. The number of rotatable bonds is 3. The lowest BCUT2D eigenvalue weighted by Gasteiger charge is -2.32. The third-order valence-electron chi connectivity index (χ3n) is 3.63. The predicted octanol–water partition coefficient (Wildman–Crippen LogP) is 2.62. The quantitative estimate of drug-likeness (QED) is 0.811. The number of piperidine rings is 1. The van der Waals surface area contributed by atoms with E-state index >= 15 is 0 Å². The molecule has 0 spiro atoms. The largest absolute Gasteiger partial charge is 0.465 e. The Balaban J connectivity index is 1.68. The van der Waals surface area contributed by atoms with Crippen molar-refractivity contribution in [3.63, 3.8) is 0 Å². The number of carbonyl (C=O) groups is 1. The van der Waals surface area contributed by atoms with E-state index in [1.54, 1.807) is 6.20 Å². The first-order valence-electron chi connectivity index (χ1n) is 6.66. The normalized spacial score (nSPS) is 16.2. The Bertz CT molecular complexity index is 620. The fourth-order valence-corrected chi connectivity index (χ4v) is 3.74. The van der Waals surface area contributed by atoms with E-state index in [1.165, 1.54) is 18.4 Å². The Morgan fingerprint density at radius 2 is 2.24 bits per heavy atom. The molecule has 0 unspecified atom stereocenters. The fourth-order valence-electron chi connectivity index (χ4n) is 2.49. The van der Waals surface area contributed by atoms with Gasteiger partial charge >= 0.3 is 5.97 Å². The summed E-state index contributed by atoms with van der Waals surface area (Å²) in [4.78, 5) is 22.5. The van der Waals surface area contributed by atoms with E-state index in [-0.39, 0.29) is 5.15 Å². The highest BCUT2D eigenvalue weighted by molar-refractivity contribution is 7.18. The molecule has 6 nitrogen and oxygen atoms in total. The molecule has 2 aromatic rings. The molecule has 1 fully saturated rings. The third kappa shape index (κ3) is 2.89. The summed E-state index contributed by atoms with van der Waals surface area (Å²) in [5.74, 6) is -0.433. The molecule has 8 heteroatoms. The summed E-state index contributed by atoms with van der Waals surface area (Å²) < 4.78 is 6.85. The van der Waals surface area contributed by atoms with E-state index in [0.29, 0.717) is 10.9 Å². The number of esters is 1. The summed E-state index contributed by atoms with van der Waals surface area (Å²) in [7, 11) is 1.34. The van der Waals surface area contributed by atoms with Crippen molar-refractivity contribution in [2.75, 3.05) is 25.1 Å². The lowest BCUT2D eigenvalue weighted by Crippen LogP contribution is -2.34. The molecule has 0 amide bonds. The molecule has 1 aliphatic heterocycles. The Hall–Kier alpha value is -1.60. The minimum Gasteiger partial charge on any atom is -0.465 e. The van der Waals surface area contributed by atoms with E-state index < -0.39 is 5.97 Å². The van der Waals surface area contributed by atoms with Crippen LogP contribution in [0, 0.1) is 0 Å². The van der Waals surface area contributed by atoms with Crippen LogP contribution in [-0.2, 0) is 4.74 Å². The van der Waals surface area contributed by atoms with E-state index in [9.17, 15) is 4.79 Å². The van der Waals surface area contributed by atoms with Gasteiger partial charge in [-0.1, -0.05) is 22.9 Å². The first-order valence-corrected chi connectivity index (χ1v) is 7.85. The number of hydrogen-bond donors (Lipinski definition) is 0. The average molecular weight is 327 g/mol. The van der Waals surface area contributed by atoms with Crippen LogP contribution in [-0.4, -0.2) is 40.7 Å². The molecule has 21 heavy (non-hydrogen) atoms. The van der Waals surface area contributed by atoms with Gasteiger partial charge in [0.1, 0.15) is 0 Å². The zero-order chi connectivity index (χ0) is 14.8. The second-order valence-electron chi connectivity index (χ2n) is 4.84. The van der Waals surface area contributed by atoms with Crippen LogP contribution in [0.5, 0.6) is 0 Å². The third-order valence-corrected chi connectivity index (χ3v) is 5.11. The van der Waals surface area contributed by atoms with E-state index in [1.807, 2.05) is 12.5 Å². The minimum atomic E-state index is -0.433. The van der Waals surface area contributed by atoms with Crippen LogP contribution < -0.4 is 4.90 Å². The van der Waals surface area contributed by atoms with Crippen LogP contribution in [0.1, 0.15) is 28.6 Å². The van der Waals surface area contributed by atoms with Crippen molar-refractivity contribution in [1.29, 1.82) is 0 Å². The van der Waals surface area contributed by atoms with Gasteiger partial charge in [-0.3, -0.25) is 0 Å². The molecular formula is C13H15ClN4O2S. The monoisotopic (exact) mass is 326 g/mol. The number of aromatic nitrogens is 3. The van der Waals surface area contributed by atoms with Crippen molar-refractivity contribution in [2.24, 2.45) is 0 Å². The van der Waals surface area contributed by atoms with E-state index in [0.717, 1.165) is 31.1 Å². The summed E-state index contributed by atoms with van der Waals surface area (Å²) >= 11 is 7.29. The smallest absolute Gasteiger partial charge is 0.351 e. The first kappa shape index (κ1) is 14.3. The van der Waals surface area contributed by atoms with Crippen LogP contribution in [0.25, 0.3) is 0 Å². The number of ether oxygens (including phenoxy) is 1. The van der Waals surface area contributed by atoms with Crippen molar-refractivity contribution in [3.8, 4) is 0 Å². The standard InChI is InChI=1S/C13H15ClN4O2S/c1-20-12(19)10-11(14)16-13(21-10)17-5-2-9(3-6-17)18-7-4-15-8-18/h4,7-9H,2-3,5-6H2,1H3. The molecule has 0 saturated carbocycles. The maximum Gasteiger partial charge on any atom is 0.351 e. The van der Waals surface area contributed by atoms with E-state index in [2.05, 4.69) is 19.4 Å². The molecule has 0 radical (unpaired) electrons. The average Bonchev–Trinajstić information content (AvgIpc) is 3.16. The van der Waals surface area contributed by atoms with Crippen molar-refractivity contribution < 1.29 is 9.53 Å². The number of carbonyl (C=O) groups excluding carboxylic acids is 1. The van der Waals surface area contributed by atoms with Gasteiger partial charge < -0.3 is 14.2 Å². The second-order valence-corrected chi connectivity index (χ2v) is 6.17. The van der Waals surface area contributed by atoms with Crippen molar-refractivity contribution in [1.82, 2.24) is 14.5 Å². The molecule has 0 atom stereocenters. The molecule has 1 saturated heterocycles. The summed E-state index contributed by atoms with van der Waals surface area (Å²) in [5, 5.41) is 1.00. The Labute approximate surface area is 131 Å². The van der Waals surface area contributed by atoms with E-state index in [4.69, 9.17) is 16.3 Å². The highest BCUT2D eigenvalue weighted by atomic mass is 35.5. The fraction of sp³-hybridized carbons (Fsp3) is 0.462. The number of anilines is 1. The lowest BCUT2D eigenvalue weighted by molar-refractivity contribution is 0.0606. The molecule has 0 N–H and O–H groups in total. The maximum atomic E-state index is 11.6. The topological polar surface area (TPSA) is 60.2 Å². The molecule has 112 valence electrons. The second kappa shape index (κ2) is 6.03. The van der Waals surface area contributed by atoms with Crippen molar-refractivity contribution in [2.45, 2.75) is 18.9 Å². The number of methoxy groups -OCH3 is 1. The van der Waals surface area contributed by atoms with Gasteiger partial charge in [0.15, 0.2) is 15.2 Å². The van der Waals surface area contributed by atoms with Crippen LogP contribution in [0.2, 0.25) is 5.15 Å². The molecule has 3 heterocycles. The minimum absolute atomic E-state index is 0.221. The Morgan fingerprint density at radius 3 is 2.86 bits per heavy atom. The van der Waals surface area contributed by atoms with Gasteiger partial charge in [0.25, 0.3) is 0 Å². The van der Waals surface area contributed by atoms with Gasteiger partial charge in [0, 0.05) is 31.5 Å². The zero-order valence-corrected chi connectivity index (χ0v) is 13.1.